The number of aromatic nitrogens is 2. The first kappa shape index (κ1) is 12.6. The molecule has 3 aromatic rings. The number of halogens is 1. The SMILES string of the molecule is Brc1ccccc1-c1noc(C2Cc3ccccc3N2)n1. The molecule has 4 rings (SSSR count). The summed E-state index contributed by atoms with van der Waals surface area (Å²) in [6.45, 7) is 0. The predicted molar refractivity (Wildman–Crippen MR) is 83.9 cm³/mol. The molecule has 1 N–H and O–H groups in total. The zero-order valence-corrected chi connectivity index (χ0v) is 12.7. The highest BCUT2D eigenvalue weighted by Crippen LogP contribution is 2.34. The van der Waals surface area contributed by atoms with Crippen LogP contribution in [-0.2, 0) is 6.42 Å². The van der Waals surface area contributed by atoms with Crippen molar-refractivity contribution < 1.29 is 4.52 Å². The number of fused-ring (bicyclic) bond motifs is 1. The Labute approximate surface area is 130 Å². The molecule has 0 saturated carbocycles. The molecule has 1 aliphatic heterocycles. The van der Waals surface area contributed by atoms with Gasteiger partial charge in [0, 0.05) is 22.1 Å². The van der Waals surface area contributed by atoms with Gasteiger partial charge in [0.05, 0.1) is 0 Å². The van der Waals surface area contributed by atoms with Crippen molar-refractivity contribution in [3.63, 3.8) is 0 Å². The van der Waals surface area contributed by atoms with E-state index in [-0.39, 0.29) is 6.04 Å². The van der Waals surface area contributed by atoms with Gasteiger partial charge in [0.1, 0.15) is 6.04 Å². The van der Waals surface area contributed by atoms with E-state index in [0.717, 1.165) is 22.1 Å². The second-order valence-electron chi connectivity index (χ2n) is 4.99. The van der Waals surface area contributed by atoms with Crippen LogP contribution in [0.1, 0.15) is 17.5 Å². The first-order valence-corrected chi connectivity index (χ1v) is 7.53. The molecule has 0 bridgehead atoms. The number of hydrogen-bond acceptors (Lipinski definition) is 4. The molecule has 0 saturated heterocycles. The smallest absolute Gasteiger partial charge is 0.249 e. The first-order chi connectivity index (χ1) is 10.3. The second-order valence-corrected chi connectivity index (χ2v) is 5.85. The maximum atomic E-state index is 5.44. The van der Waals surface area contributed by atoms with Gasteiger partial charge >= 0.3 is 0 Å². The van der Waals surface area contributed by atoms with Crippen molar-refractivity contribution in [2.45, 2.75) is 12.5 Å². The van der Waals surface area contributed by atoms with Crippen LogP contribution in [0.4, 0.5) is 5.69 Å². The molecule has 1 unspecified atom stereocenters. The molecule has 21 heavy (non-hydrogen) atoms. The second kappa shape index (κ2) is 5.00. The fourth-order valence-corrected chi connectivity index (χ4v) is 3.04. The average Bonchev–Trinajstić information content (AvgIpc) is 3.14. The standard InChI is InChI=1S/C16H12BrN3O/c17-12-7-3-2-6-11(12)15-19-16(21-20-15)14-9-10-5-1-4-8-13(10)18-14/h1-8,14,18H,9H2. The van der Waals surface area contributed by atoms with E-state index in [1.807, 2.05) is 36.4 Å². The Balaban J connectivity index is 1.63. The summed E-state index contributed by atoms with van der Waals surface area (Å²) in [4.78, 5) is 4.54. The van der Waals surface area contributed by atoms with E-state index in [2.05, 4.69) is 43.5 Å². The normalized spacial score (nSPS) is 16.5. The van der Waals surface area contributed by atoms with Crippen LogP contribution in [0.3, 0.4) is 0 Å². The topological polar surface area (TPSA) is 51.0 Å². The molecule has 2 aromatic carbocycles. The van der Waals surface area contributed by atoms with E-state index < -0.39 is 0 Å². The Kier molecular flexibility index (Phi) is 3.00. The molecule has 1 atom stereocenters. The highest BCUT2D eigenvalue weighted by molar-refractivity contribution is 9.10. The van der Waals surface area contributed by atoms with E-state index in [1.165, 1.54) is 5.56 Å². The fraction of sp³-hybridized carbons (Fsp3) is 0.125. The number of rotatable bonds is 2. The van der Waals surface area contributed by atoms with Crippen molar-refractivity contribution in [2.24, 2.45) is 0 Å². The Morgan fingerprint density at radius 1 is 1.10 bits per heavy atom. The molecule has 0 fully saturated rings. The highest BCUT2D eigenvalue weighted by Gasteiger charge is 2.26. The Morgan fingerprint density at radius 3 is 2.76 bits per heavy atom. The van der Waals surface area contributed by atoms with E-state index in [9.17, 15) is 0 Å². The van der Waals surface area contributed by atoms with Crippen molar-refractivity contribution in [3.8, 4) is 11.4 Å². The molecular formula is C16H12BrN3O. The van der Waals surface area contributed by atoms with Gasteiger partial charge in [-0.3, -0.25) is 0 Å². The lowest BCUT2D eigenvalue weighted by Gasteiger charge is -2.04. The van der Waals surface area contributed by atoms with Crippen LogP contribution < -0.4 is 5.32 Å². The van der Waals surface area contributed by atoms with Gasteiger partial charge in [-0.15, -0.1) is 0 Å². The van der Waals surface area contributed by atoms with Gasteiger partial charge in [0.2, 0.25) is 11.7 Å². The summed E-state index contributed by atoms with van der Waals surface area (Å²) in [5, 5.41) is 7.52. The van der Waals surface area contributed by atoms with E-state index >= 15 is 0 Å². The molecule has 0 amide bonds. The lowest BCUT2D eigenvalue weighted by Crippen LogP contribution is -2.05. The summed E-state index contributed by atoms with van der Waals surface area (Å²) >= 11 is 3.51. The molecule has 0 spiro atoms. The number of nitrogens with one attached hydrogen (secondary N) is 1. The summed E-state index contributed by atoms with van der Waals surface area (Å²) in [6, 6.07) is 16.2. The highest BCUT2D eigenvalue weighted by atomic mass is 79.9. The van der Waals surface area contributed by atoms with Crippen molar-refractivity contribution in [2.75, 3.05) is 5.32 Å². The minimum absolute atomic E-state index is 0.0473. The third-order valence-electron chi connectivity index (χ3n) is 3.63. The van der Waals surface area contributed by atoms with E-state index in [4.69, 9.17) is 4.52 Å². The lowest BCUT2D eigenvalue weighted by atomic mass is 10.1. The zero-order valence-electron chi connectivity index (χ0n) is 11.1. The third-order valence-corrected chi connectivity index (χ3v) is 4.32. The summed E-state index contributed by atoms with van der Waals surface area (Å²) < 4.78 is 6.40. The van der Waals surface area contributed by atoms with Gasteiger partial charge in [-0.2, -0.15) is 4.98 Å². The van der Waals surface area contributed by atoms with E-state index in [0.29, 0.717) is 11.7 Å². The third kappa shape index (κ3) is 2.23. The number of benzene rings is 2. The quantitative estimate of drug-likeness (QED) is 0.758. The van der Waals surface area contributed by atoms with Gasteiger partial charge in [0.15, 0.2) is 0 Å². The van der Waals surface area contributed by atoms with Crippen LogP contribution in [0.5, 0.6) is 0 Å². The largest absolute Gasteiger partial charge is 0.373 e. The molecule has 1 aliphatic rings. The number of anilines is 1. The van der Waals surface area contributed by atoms with Crippen LogP contribution in [0.2, 0.25) is 0 Å². The zero-order chi connectivity index (χ0) is 14.2. The molecule has 4 nitrogen and oxygen atoms in total. The van der Waals surface area contributed by atoms with Gasteiger partial charge in [-0.1, -0.05) is 51.4 Å². The van der Waals surface area contributed by atoms with Crippen molar-refractivity contribution >= 4 is 21.6 Å². The van der Waals surface area contributed by atoms with Crippen molar-refractivity contribution in [1.82, 2.24) is 10.1 Å². The van der Waals surface area contributed by atoms with Crippen LogP contribution in [0, 0.1) is 0 Å². The van der Waals surface area contributed by atoms with Gasteiger partial charge < -0.3 is 9.84 Å². The molecule has 104 valence electrons. The number of hydrogen-bond donors (Lipinski definition) is 1. The summed E-state index contributed by atoms with van der Waals surface area (Å²) in [5.41, 5.74) is 3.36. The summed E-state index contributed by atoms with van der Waals surface area (Å²) in [5.74, 6) is 1.23. The van der Waals surface area contributed by atoms with Crippen LogP contribution in [-0.4, -0.2) is 10.1 Å². The van der Waals surface area contributed by atoms with Crippen molar-refractivity contribution in [1.29, 1.82) is 0 Å². The molecule has 0 aliphatic carbocycles. The molecular weight excluding hydrogens is 330 g/mol. The first-order valence-electron chi connectivity index (χ1n) is 6.74. The average molecular weight is 342 g/mol. The van der Waals surface area contributed by atoms with Gasteiger partial charge in [-0.05, 0) is 23.8 Å². The minimum atomic E-state index is 0.0473. The van der Waals surface area contributed by atoms with Crippen molar-refractivity contribution in [3.05, 3.63) is 64.5 Å². The summed E-state index contributed by atoms with van der Waals surface area (Å²) in [6.07, 6.45) is 0.869. The molecule has 1 aromatic heterocycles. The maximum Gasteiger partial charge on any atom is 0.249 e. The molecule has 2 heterocycles. The Hall–Kier alpha value is -2.14. The van der Waals surface area contributed by atoms with Gasteiger partial charge in [-0.25, -0.2) is 0 Å². The minimum Gasteiger partial charge on any atom is -0.373 e. The van der Waals surface area contributed by atoms with E-state index in [1.54, 1.807) is 0 Å². The van der Waals surface area contributed by atoms with Crippen LogP contribution in [0.25, 0.3) is 11.4 Å². The van der Waals surface area contributed by atoms with Gasteiger partial charge in [0.25, 0.3) is 0 Å². The summed E-state index contributed by atoms with van der Waals surface area (Å²) in [7, 11) is 0. The maximum absolute atomic E-state index is 5.44. The molecule has 0 radical (unpaired) electrons. The predicted octanol–water partition coefficient (Wildman–Crippen LogP) is 4.21. The Morgan fingerprint density at radius 2 is 1.90 bits per heavy atom. The van der Waals surface area contributed by atoms with Crippen LogP contribution >= 0.6 is 15.9 Å². The fourth-order valence-electron chi connectivity index (χ4n) is 2.58. The monoisotopic (exact) mass is 341 g/mol. The lowest BCUT2D eigenvalue weighted by molar-refractivity contribution is 0.364. The van der Waals surface area contributed by atoms with Crippen LogP contribution in [0.15, 0.2) is 57.5 Å². The number of para-hydroxylation sites is 1. The Bertz CT molecular complexity index is 774. The molecule has 5 heteroatoms. The number of nitrogens with zero attached hydrogens (tertiary/aromatic N) is 2.